The van der Waals surface area contributed by atoms with Gasteiger partial charge in [0.1, 0.15) is 0 Å². The molecular weight excluding hydrogens is 220 g/mol. The predicted molar refractivity (Wildman–Crippen MR) is 79.3 cm³/mol. The third kappa shape index (κ3) is 3.74. The van der Waals surface area contributed by atoms with E-state index >= 15 is 0 Å². The van der Waals surface area contributed by atoms with E-state index in [9.17, 15) is 0 Å². The Morgan fingerprint density at radius 1 is 1.17 bits per heavy atom. The first-order valence-electron chi connectivity index (χ1n) is 7.17. The number of nitrogens with one attached hydrogen (secondary N) is 1. The van der Waals surface area contributed by atoms with Gasteiger partial charge in [-0.2, -0.15) is 0 Å². The van der Waals surface area contributed by atoms with Gasteiger partial charge in [-0.15, -0.1) is 0 Å². The van der Waals surface area contributed by atoms with Gasteiger partial charge in [-0.05, 0) is 43.9 Å². The van der Waals surface area contributed by atoms with E-state index in [-0.39, 0.29) is 0 Å². The molecule has 1 saturated carbocycles. The molecule has 0 amide bonds. The molecule has 1 aromatic rings. The number of hydrogen-bond acceptors (Lipinski definition) is 2. The lowest BCUT2D eigenvalue weighted by Crippen LogP contribution is -2.35. The fourth-order valence-corrected chi connectivity index (χ4v) is 2.84. The molecule has 2 heteroatoms. The summed E-state index contributed by atoms with van der Waals surface area (Å²) in [6.07, 6.45) is 6.67. The van der Waals surface area contributed by atoms with Gasteiger partial charge in [-0.1, -0.05) is 25.0 Å². The van der Waals surface area contributed by atoms with Gasteiger partial charge in [-0.3, -0.25) is 0 Å². The zero-order valence-electron chi connectivity index (χ0n) is 11.9. The zero-order valence-corrected chi connectivity index (χ0v) is 11.9. The Balaban J connectivity index is 1.84. The second-order valence-corrected chi connectivity index (χ2v) is 5.81. The molecule has 18 heavy (non-hydrogen) atoms. The molecule has 0 spiro atoms. The van der Waals surface area contributed by atoms with Crippen molar-refractivity contribution >= 4 is 5.69 Å². The highest BCUT2D eigenvalue weighted by molar-refractivity contribution is 5.46. The Morgan fingerprint density at radius 2 is 1.78 bits per heavy atom. The van der Waals surface area contributed by atoms with Crippen molar-refractivity contribution in [1.29, 1.82) is 0 Å². The molecule has 1 atom stereocenters. The highest BCUT2D eigenvalue weighted by Crippen LogP contribution is 2.19. The topological polar surface area (TPSA) is 15.3 Å². The van der Waals surface area contributed by atoms with Crippen LogP contribution in [0.25, 0.3) is 0 Å². The van der Waals surface area contributed by atoms with Crippen LogP contribution in [-0.4, -0.2) is 26.2 Å². The predicted octanol–water partition coefficient (Wildman–Crippen LogP) is 3.22. The van der Waals surface area contributed by atoms with Crippen LogP contribution < -0.4 is 10.2 Å². The number of benzene rings is 1. The molecule has 0 bridgehead atoms. The maximum atomic E-state index is 3.75. The van der Waals surface area contributed by atoms with Gasteiger partial charge < -0.3 is 10.2 Å². The molecule has 1 fully saturated rings. The van der Waals surface area contributed by atoms with Crippen molar-refractivity contribution in [1.82, 2.24) is 5.32 Å². The summed E-state index contributed by atoms with van der Waals surface area (Å²) in [6, 6.07) is 10.3. The highest BCUT2D eigenvalue weighted by Gasteiger charge is 2.16. The number of anilines is 1. The monoisotopic (exact) mass is 246 g/mol. The minimum absolute atomic E-state index is 0.582. The summed E-state index contributed by atoms with van der Waals surface area (Å²) in [7, 11) is 4.17. The largest absolute Gasteiger partial charge is 0.378 e. The lowest BCUT2D eigenvalue weighted by molar-refractivity contribution is 0.448. The summed E-state index contributed by atoms with van der Waals surface area (Å²) < 4.78 is 0. The molecule has 100 valence electrons. The van der Waals surface area contributed by atoms with E-state index in [1.807, 2.05) is 0 Å². The van der Waals surface area contributed by atoms with E-state index in [4.69, 9.17) is 0 Å². The van der Waals surface area contributed by atoms with Gasteiger partial charge >= 0.3 is 0 Å². The quantitative estimate of drug-likeness (QED) is 0.858. The summed E-state index contributed by atoms with van der Waals surface area (Å²) in [6.45, 7) is 2.30. The van der Waals surface area contributed by atoms with Crippen LogP contribution in [0, 0.1) is 0 Å². The first-order chi connectivity index (χ1) is 8.65. The van der Waals surface area contributed by atoms with E-state index in [2.05, 4.69) is 55.5 Å². The third-order valence-electron chi connectivity index (χ3n) is 3.87. The van der Waals surface area contributed by atoms with Crippen LogP contribution in [0.4, 0.5) is 5.69 Å². The van der Waals surface area contributed by atoms with Crippen molar-refractivity contribution in [3.05, 3.63) is 29.8 Å². The van der Waals surface area contributed by atoms with Gasteiger partial charge in [0, 0.05) is 31.9 Å². The molecule has 0 heterocycles. The van der Waals surface area contributed by atoms with Gasteiger partial charge in [0.2, 0.25) is 0 Å². The SMILES string of the molecule is CC(Cc1ccc(N(C)C)cc1)NC1CCCC1. The van der Waals surface area contributed by atoms with E-state index in [0.29, 0.717) is 6.04 Å². The van der Waals surface area contributed by atoms with Crippen molar-refractivity contribution in [3.63, 3.8) is 0 Å². The molecule has 1 unspecified atom stereocenters. The Kier molecular flexibility index (Phi) is 4.65. The van der Waals surface area contributed by atoms with Crippen molar-refractivity contribution in [2.75, 3.05) is 19.0 Å². The normalized spacial score (nSPS) is 17.9. The molecule has 1 aromatic carbocycles. The van der Waals surface area contributed by atoms with E-state index in [1.165, 1.54) is 36.9 Å². The first-order valence-corrected chi connectivity index (χ1v) is 7.17. The van der Waals surface area contributed by atoms with Crippen LogP contribution in [0.3, 0.4) is 0 Å². The maximum absolute atomic E-state index is 3.75. The smallest absolute Gasteiger partial charge is 0.0361 e. The second kappa shape index (κ2) is 6.24. The maximum Gasteiger partial charge on any atom is 0.0361 e. The van der Waals surface area contributed by atoms with E-state index < -0.39 is 0 Å². The van der Waals surface area contributed by atoms with Crippen LogP contribution >= 0.6 is 0 Å². The summed E-state index contributed by atoms with van der Waals surface area (Å²) in [5, 5.41) is 3.75. The standard InChI is InChI=1S/C16H26N2/c1-13(17-15-6-4-5-7-15)12-14-8-10-16(11-9-14)18(2)3/h8-11,13,15,17H,4-7,12H2,1-3H3. The van der Waals surface area contributed by atoms with Crippen LogP contribution in [0.2, 0.25) is 0 Å². The molecule has 0 radical (unpaired) electrons. The summed E-state index contributed by atoms with van der Waals surface area (Å²) in [5.74, 6) is 0. The Labute approximate surface area is 111 Å². The summed E-state index contributed by atoms with van der Waals surface area (Å²) >= 11 is 0. The second-order valence-electron chi connectivity index (χ2n) is 5.81. The van der Waals surface area contributed by atoms with E-state index in [1.54, 1.807) is 0 Å². The van der Waals surface area contributed by atoms with Crippen LogP contribution in [0.1, 0.15) is 38.2 Å². The number of rotatable bonds is 5. The van der Waals surface area contributed by atoms with Gasteiger partial charge in [0.15, 0.2) is 0 Å². The molecule has 0 aromatic heterocycles. The molecule has 2 rings (SSSR count). The Hall–Kier alpha value is -1.02. The summed E-state index contributed by atoms with van der Waals surface area (Å²) in [5.41, 5.74) is 2.70. The van der Waals surface area contributed by atoms with Crippen LogP contribution in [0.5, 0.6) is 0 Å². The fourth-order valence-electron chi connectivity index (χ4n) is 2.84. The van der Waals surface area contributed by atoms with Crippen LogP contribution in [0.15, 0.2) is 24.3 Å². The molecular formula is C16H26N2. The third-order valence-corrected chi connectivity index (χ3v) is 3.87. The number of nitrogens with zero attached hydrogens (tertiary/aromatic N) is 1. The van der Waals surface area contributed by atoms with Crippen LogP contribution in [-0.2, 0) is 6.42 Å². The Morgan fingerprint density at radius 3 is 2.33 bits per heavy atom. The van der Waals surface area contributed by atoms with Crippen molar-refractivity contribution in [2.45, 2.75) is 51.1 Å². The summed E-state index contributed by atoms with van der Waals surface area (Å²) in [4.78, 5) is 2.14. The minimum Gasteiger partial charge on any atom is -0.378 e. The molecule has 1 aliphatic rings. The molecule has 0 saturated heterocycles. The van der Waals surface area contributed by atoms with Gasteiger partial charge in [0.25, 0.3) is 0 Å². The molecule has 1 aliphatic carbocycles. The van der Waals surface area contributed by atoms with Crippen molar-refractivity contribution in [3.8, 4) is 0 Å². The lowest BCUT2D eigenvalue weighted by Gasteiger charge is -2.19. The molecule has 1 N–H and O–H groups in total. The molecule has 2 nitrogen and oxygen atoms in total. The fraction of sp³-hybridized carbons (Fsp3) is 0.625. The lowest BCUT2D eigenvalue weighted by atomic mass is 10.1. The van der Waals surface area contributed by atoms with Gasteiger partial charge in [-0.25, -0.2) is 0 Å². The average Bonchev–Trinajstić information content (AvgIpc) is 2.82. The van der Waals surface area contributed by atoms with Crippen molar-refractivity contribution in [2.24, 2.45) is 0 Å². The molecule has 0 aliphatic heterocycles. The van der Waals surface area contributed by atoms with Crippen molar-refractivity contribution < 1.29 is 0 Å². The van der Waals surface area contributed by atoms with E-state index in [0.717, 1.165) is 12.5 Å². The highest BCUT2D eigenvalue weighted by atomic mass is 15.1. The zero-order chi connectivity index (χ0) is 13.0. The number of hydrogen-bond donors (Lipinski definition) is 1. The first kappa shape index (κ1) is 13.4. The minimum atomic E-state index is 0.582. The Bertz CT molecular complexity index is 350. The average molecular weight is 246 g/mol. The van der Waals surface area contributed by atoms with Gasteiger partial charge in [0.05, 0.1) is 0 Å².